The summed E-state index contributed by atoms with van der Waals surface area (Å²) in [4.78, 5) is 1.41. The summed E-state index contributed by atoms with van der Waals surface area (Å²) >= 11 is 0. The van der Waals surface area contributed by atoms with Gasteiger partial charge in [-0.05, 0) is 126 Å². The molecule has 0 radical (unpaired) electrons. The molecule has 0 bridgehead atoms. The molecule has 1 heteroatoms. The van der Waals surface area contributed by atoms with Gasteiger partial charge in [-0.25, -0.2) is 0 Å². The molecule has 57 heavy (non-hydrogen) atoms. The first-order valence-electron chi connectivity index (χ1n) is 22.9. The van der Waals surface area contributed by atoms with Gasteiger partial charge in [0.2, 0.25) is 0 Å². The third-order valence-electron chi connectivity index (χ3n) is 10.4. The number of hydrogen-bond donors (Lipinski definition) is 0. The van der Waals surface area contributed by atoms with E-state index in [0.29, 0.717) is 16.8 Å². The van der Waals surface area contributed by atoms with E-state index >= 15 is 0 Å². The van der Waals surface area contributed by atoms with Crippen molar-refractivity contribution in [1.82, 2.24) is 0 Å². The predicted octanol–water partition coefficient (Wildman–Crippen LogP) is 15.8. The summed E-state index contributed by atoms with van der Waals surface area (Å²) < 4.78 is 75.9. The first-order valence-corrected chi connectivity index (χ1v) is 18.9. The van der Waals surface area contributed by atoms with Crippen LogP contribution in [0.15, 0.2) is 236 Å². The quantitative estimate of drug-likeness (QED) is 0.150. The van der Waals surface area contributed by atoms with Crippen LogP contribution < -0.4 is 4.90 Å². The maximum atomic E-state index is 9.84. The summed E-state index contributed by atoms with van der Waals surface area (Å²) in [7, 11) is 0. The van der Waals surface area contributed by atoms with Crippen molar-refractivity contribution in [1.29, 1.82) is 0 Å². The van der Waals surface area contributed by atoms with Crippen LogP contribution in [0.1, 0.15) is 11.0 Å². The van der Waals surface area contributed by atoms with Gasteiger partial charge in [-0.15, -0.1) is 0 Å². The van der Waals surface area contributed by atoms with Gasteiger partial charge in [-0.2, -0.15) is 0 Å². The van der Waals surface area contributed by atoms with E-state index in [1.54, 1.807) is 24.3 Å². The van der Waals surface area contributed by atoms with Crippen LogP contribution in [-0.2, 0) is 0 Å². The van der Waals surface area contributed by atoms with E-state index in [9.17, 15) is 8.22 Å². The Morgan fingerprint density at radius 2 is 0.912 bits per heavy atom. The molecule has 10 aromatic carbocycles. The molecule has 0 aliphatic rings. The lowest BCUT2D eigenvalue weighted by atomic mass is 9.89. The second-order valence-corrected chi connectivity index (χ2v) is 13.9. The molecule has 10 rings (SSSR count). The van der Waals surface area contributed by atoms with Crippen molar-refractivity contribution in [2.24, 2.45) is 0 Å². The number of rotatable bonds is 8. The van der Waals surface area contributed by atoms with Gasteiger partial charge in [0.05, 0.1) is 11.0 Å². The minimum Gasteiger partial charge on any atom is -0.310 e. The molecular weight excluding hydrogens is 687 g/mol. The molecule has 0 amide bonds. The molecular formula is C56H39N. The van der Waals surface area contributed by atoms with Gasteiger partial charge in [0.25, 0.3) is 0 Å². The fourth-order valence-corrected chi connectivity index (χ4v) is 7.57. The topological polar surface area (TPSA) is 3.24 Å². The molecule has 0 atom stereocenters. The van der Waals surface area contributed by atoms with Crippen molar-refractivity contribution in [3.8, 4) is 55.6 Å². The number of hydrogen-bond acceptors (Lipinski definition) is 1. The summed E-state index contributed by atoms with van der Waals surface area (Å²) in [6.07, 6.45) is 0. The van der Waals surface area contributed by atoms with Crippen LogP contribution >= 0.6 is 0 Å². The zero-order chi connectivity index (χ0) is 44.9. The van der Waals surface area contributed by atoms with Crippen molar-refractivity contribution in [2.45, 2.75) is 0 Å². The lowest BCUT2D eigenvalue weighted by Gasteiger charge is -2.27. The van der Waals surface area contributed by atoms with Gasteiger partial charge < -0.3 is 4.90 Å². The van der Waals surface area contributed by atoms with E-state index in [2.05, 4.69) is 36.4 Å². The monoisotopic (exact) mass is 733 g/mol. The van der Waals surface area contributed by atoms with Crippen molar-refractivity contribution in [2.75, 3.05) is 4.90 Å². The molecule has 0 aromatic heterocycles. The molecule has 0 unspecified atom stereocenters. The Bertz CT molecular complexity index is 3430. The first kappa shape index (κ1) is 26.3. The fourth-order valence-electron chi connectivity index (χ4n) is 7.57. The molecule has 10 aromatic rings. The van der Waals surface area contributed by atoms with Crippen LogP contribution in [0.2, 0.25) is 0 Å². The Hall–Kier alpha value is -7.48. The van der Waals surface area contributed by atoms with E-state index in [4.69, 9.17) is 2.74 Å². The van der Waals surface area contributed by atoms with Gasteiger partial charge in [-0.3, -0.25) is 0 Å². The molecule has 0 saturated carbocycles. The highest BCUT2D eigenvalue weighted by atomic mass is 15.1. The maximum Gasteiger partial charge on any atom is 0.0651 e. The van der Waals surface area contributed by atoms with Crippen LogP contribution in [0.4, 0.5) is 17.1 Å². The van der Waals surface area contributed by atoms with Gasteiger partial charge in [0.1, 0.15) is 0 Å². The van der Waals surface area contributed by atoms with Crippen molar-refractivity contribution < 1.29 is 11.0 Å². The SMILES string of the molecule is [2H]c1c([2H])c(-c2ccc3ccccc3c2)c([2H])c(N(c2ccc(-c3c(-c4ccccc4)ccc4ccccc34)cc2)c2c([2H])c([2H])c(-c3cccc(-c4ccccc4)c3)c([2H])c2[2H])c1[2H]. The zero-order valence-corrected chi connectivity index (χ0v) is 30.8. The average molecular weight is 734 g/mol. The number of anilines is 3. The summed E-state index contributed by atoms with van der Waals surface area (Å²) in [6, 6.07) is 57.5. The summed E-state index contributed by atoms with van der Waals surface area (Å²) in [5.41, 5.74) is 6.95. The van der Waals surface area contributed by atoms with Crippen LogP contribution in [0, 0.1) is 0 Å². The van der Waals surface area contributed by atoms with Gasteiger partial charge >= 0.3 is 0 Å². The van der Waals surface area contributed by atoms with Gasteiger partial charge in [-0.1, -0.05) is 188 Å². The van der Waals surface area contributed by atoms with E-state index in [1.165, 1.54) is 4.90 Å². The second-order valence-electron chi connectivity index (χ2n) is 13.9. The van der Waals surface area contributed by atoms with Crippen LogP contribution in [-0.4, -0.2) is 0 Å². The second kappa shape index (κ2) is 15.0. The lowest BCUT2D eigenvalue weighted by molar-refractivity contribution is 1.28. The summed E-state index contributed by atoms with van der Waals surface area (Å²) in [6.45, 7) is 0. The number of nitrogens with zero attached hydrogens (tertiary/aromatic N) is 1. The van der Waals surface area contributed by atoms with E-state index in [0.717, 1.165) is 54.9 Å². The third kappa shape index (κ3) is 6.77. The van der Waals surface area contributed by atoms with E-state index < -0.39 is 12.1 Å². The minimum absolute atomic E-state index is 0.109. The predicted molar refractivity (Wildman–Crippen MR) is 243 cm³/mol. The number of fused-ring (bicyclic) bond motifs is 2. The normalized spacial score (nSPS) is 13.1. The lowest BCUT2D eigenvalue weighted by Crippen LogP contribution is -2.10. The molecule has 0 fully saturated rings. The maximum absolute atomic E-state index is 9.84. The Balaban J connectivity index is 1.21. The van der Waals surface area contributed by atoms with Crippen molar-refractivity contribution >= 4 is 38.6 Å². The standard InChI is InChI=1S/C56H39N/c1-3-13-40(14-4-1)47-20-11-21-48(37-47)42-27-32-51(33-28-42)57(53-23-12-22-49(39-53)50-26-25-41-15-7-8-19-46(41)38-50)52-34-29-45(30-35-52)56-54-24-10-9-18-44(54)31-36-55(56)43-16-5-2-6-17-43/h1-39H/i12D,22D,23D,27D,28D,32D,33D,39D. The van der Waals surface area contributed by atoms with Crippen LogP contribution in [0.3, 0.4) is 0 Å². The van der Waals surface area contributed by atoms with E-state index in [-0.39, 0.29) is 58.8 Å². The Morgan fingerprint density at radius 3 is 1.68 bits per heavy atom. The van der Waals surface area contributed by atoms with Crippen LogP contribution in [0.25, 0.3) is 77.2 Å². The summed E-state index contributed by atoms with van der Waals surface area (Å²) in [5.74, 6) is 0. The molecule has 0 aliphatic heterocycles. The smallest absolute Gasteiger partial charge is 0.0651 e. The van der Waals surface area contributed by atoms with Gasteiger partial charge in [0, 0.05) is 17.1 Å². The van der Waals surface area contributed by atoms with Gasteiger partial charge in [0.15, 0.2) is 0 Å². The fraction of sp³-hybridized carbons (Fsp3) is 0. The Kier molecular flexibility index (Phi) is 6.92. The largest absolute Gasteiger partial charge is 0.310 e. The van der Waals surface area contributed by atoms with Crippen molar-refractivity contribution in [3.05, 3.63) is 236 Å². The summed E-state index contributed by atoms with van der Waals surface area (Å²) in [5, 5.41) is 3.92. The average Bonchev–Trinajstić information content (AvgIpc) is 3.35. The molecule has 0 heterocycles. The van der Waals surface area contributed by atoms with E-state index in [1.807, 2.05) is 127 Å². The highest BCUT2D eigenvalue weighted by molar-refractivity contribution is 6.04. The zero-order valence-electron chi connectivity index (χ0n) is 38.8. The third-order valence-corrected chi connectivity index (χ3v) is 10.4. The van der Waals surface area contributed by atoms with Crippen molar-refractivity contribution in [3.63, 3.8) is 0 Å². The number of benzene rings is 10. The molecule has 0 saturated heterocycles. The first-order chi connectivity index (χ1) is 31.6. The molecule has 268 valence electrons. The van der Waals surface area contributed by atoms with Crippen LogP contribution in [0.5, 0.6) is 0 Å². The minimum atomic E-state index is -0.453. The molecule has 0 spiro atoms. The Labute approximate surface area is 345 Å². The highest BCUT2D eigenvalue weighted by Gasteiger charge is 2.17. The molecule has 0 N–H and O–H groups in total. The molecule has 0 aliphatic carbocycles. The Morgan fingerprint density at radius 1 is 0.316 bits per heavy atom. The highest BCUT2D eigenvalue weighted by Crippen LogP contribution is 2.42. The molecule has 1 nitrogen and oxygen atoms in total.